The summed E-state index contributed by atoms with van der Waals surface area (Å²) in [6.07, 6.45) is 0.580. The Morgan fingerprint density at radius 2 is 1.63 bits per heavy atom. The normalized spacial score (nSPS) is 13.8. The SMILES string of the molecule is Cc1ccc(S(=O)(=O)C(c2nc3ccccc3[nH]2)C(C=O)c2ccc(F)cc2)cc1. The lowest BCUT2D eigenvalue weighted by atomic mass is 9.96. The fraction of sp³-hybridized carbons (Fsp3) is 0.130. The molecule has 0 spiro atoms. The summed E-state index contributed by atoms with van der Waals surface area (Å²) in [4.78, 5) is 19.8. The highest BCUT2D eigenvalue weighted by atomic mass is 32.2. The first-order valence-electron chi connectivity index (χ1n) is 9.36. The van der Waals surface area contributed by atoms with Gasteiger partial charge in [0.05, 0.1) is 21.8 Å². The van der Waals surface area contributed by atoms with E-state index in [0.717, 1.165) is 5.56 Å². The molecule has 0 aliphatic heterocycles. The van der Waals surface area contributed by atoms with Gasteiger partial charge in [-0.05, 0) is 48.9 Å². The standard InChI is InChI=1S/C23H19FN2O3S/c1-15-6-12-18(13-7-15)30(28,29)22(19(14-27)16-8-10-17(24)11-9-16)23-25-20-4-2-3-5-21(20)26-23/h2-14,19,22H,1H3,(H,25,26). The average Bonchev–Trinajstić information content (AvgIpc) is 3.16. The Balaban J connectivity index is 1.92. The monoisotopic (exact) mass is 422 g/mol. The summed E-state index contributed by atoms with van der Waals surface area (Å²) in [6.45, 7) is 1.86. The number of H-pyrrole nitrogens is 1. The second-order valence-electron chi connectivity index (χ2n) is 7.13. The number of sulfone groups is 1. The number of benzene rings is 3. The molecular weight excluding hydrogens is 403 g/mol. The predicted molar refractivity (Wildman–Crippen MR) is 112 cm³/mol. The lowest BCUT2D eigenvalue weighted by molar-refractivity contribution is -0.109. The molecular formula is C23H19FN2O3S. The summed E-state index contributed by atoms with van der Waals surface area (Å²) in [6, 6.07) is 18.9. The van der Waals surface area contributed by atoms with E-state index in [1.54, 1.807) is 30.3 Å². The van der Waals surface area contributed by atoms with Gasteiger partial charge >= 0.3 is 0 Å². The van der Waals surface area contributed by atoms with Gasteiger partial charge in [0.1, 0.15) is 23.2 Å². The molecule has 0 aliphatic carbocycles. The molecule has 30 heavy (non-hydrogen) atoms. The highest BCUT2D eigenvalue weighted by Gasteiger charge is 2.39. The van der Waals surface area contributed by atoms with Crippen LogP contribution < -0.4 is 0 Å². The molecule has 1 heterocycles. The van der Waals surface area contributed by atoms with Crippen LogP contribution in [0.4, 0.5) is 4.39 Å². The lowest BCUT2D eigenvalue weighted by Crippen LogP contribution is -2.23. The molecule has 7 heteroatoms. The van der Waals surface area contributed by atoms with Gasteiger partial charge in [0.15, 0.2) is 9.84 Å². The second-order valence-corrected chi connectivity index (χ2v) is 9.20. The average molecular weight is 422 g/mol. The Morgan fingerprint density at radius 1 is 0.967 bits per heavy atom. The number of aromatic amines is 1. The first-order chi connectivity index (χ1) is 14.4. The topological polar surface area (TPSA) is 79.9 Å². The van der Waals surface area contributed by atoms with E-state index in [0.29, 0.717) is 22.9 Å². The van der Waals surface area contributed by atoms with Crippen molar-refractivity contribution in [3.05, 3.63) is 95.6 Å². The number of hydrogen-bond acceptors (Lipinski definition) is 4. The van der Waals surface area contributed by atoms with E-state index in [1.807, 2.05) is 13.0 Å². The van der Waals surface area contributed by atoms with Crippen LogP contribution in [-0.2, 0) is 14.6 Å². The minimum absolute atomic E-state index is 0.0903. The molecule has 0 fully saturated rings. The van der Waals surface area contributed by atoms with Gasteiger partial charge in [-0.1, -0.05) is 42.0 Å². The minimum atomic E-state index is -4.01. The first kappa shape index (κ1) is 20.0. The third-order valence-electron chi connectivity index (χ3n) is 5.09. The molecule has 4 rings (SSSR count). The zero-order chi connectivity index (χ0) is 21.3. The largest absolute Gasteiger partial charge is 0.341 e. The molecule has 1 aromatic heterocycles. The van der Waals surface area contributed by atoms with Gasteiger partial charge in [0, 0.05) is 0 Å². The highest BCUT2D eigenvalue weighted by molar-refractivity contribution is 7.91. The van der Waals surface area contributed by atoms with Crippen molar-refractivity contribution in [1.29, 1.82) is 0 Å². The summed E-state index contributed by atoms with van der Waals surface area (Å²) in [5.41, 5.74) is 2.58. The summed E-state index contributed by atoms with van der Waals surface area (Å²) in [5, 5.41) is -1.30. The Morgan fingerprint density at radius 3 is 2.27 bits per heavy atom. The molecule has 0 aliphatic rings. The predicted octanol–water partition coefficient (Wildman–Crippen LogP) is 4.51. The number of aldehydes is 1. The van der Waals surface area contributed by atoms with E-state index < -0.39 is 26.8 Å². The maximum atomic E-state index is 13.7. The molecule has 0 radical (unpaired) electrons. The van der Waals surface area contributed by atoms with Crippen molar-refractivity contribution in [3.63, 3.8) is 0 Å². The van der Waals surface area contributed by atoms with Crippen LogP contribution in [0.3, 0.4) is 0 Å². The second kappa shape index (κ2) is 7.84. The lowest BCUT2D eigenvalue weighted by Gasteiger charge is -2.22. The first-order valence-corrected chi connectivity index (χ1v) is 10.9. The molecule has 0 amide bonds. The summed E-state index contributed by atoms with van der Waals surface area (Å²) in [7, 11) is -4.01. The number of nitrogens with zero attached hydrogens (tertiary/aromatic N) is 1. The van der Waals surface area contributed by atoms with Gasteiger partial charge in [-0.3, -0.25) is 0 Å². The van der Waals surface area contributed by atoms with Gasteiger partial charge < -0.3 is 9.78 Å². The fourth-order valence-corrected chi connectivity index (χ4v) is 5.32. The Labute approximate surface area is 173 Å². The summed E-state index contributed by atoms with van der Waals surface area (Å²) < 4.78 is 40.8. The van der Waals surface area contributed by atoms with Crippen LogP contribution in [0.5, 0.6) is 0 Å². The third-order valence-corrected chi connectivity index (χ3v) is 7.20. The number of rotatable bonds is 6. The quantitative estimate of drug-likeness (QED) is 0.464. The Kier molecular flexibility index (Phi) is 5.22. The molecule has 0 bridgehead atoms. The maximum absolute atomic E-state index is 13.7. The Bertz CT molecular complexity index is 1260. The zero-order valence-electron chi connectivity index (χ0n) is 16.1. The zero-order valence-corrected chi connectivity index (χ0v) is 16.9. The molecule has 2 unspecified atom stereocenters. The van der Waals surface area contributed by atoms with E-state index in [9.17, 15) is 17.6 Å². The van der Waals surface area contributed by atoms with Crippen molar-refractivity contribution in [3.8, 4) is 0 Å². The van der Waals surface area contributed by atoms with Crippen LogP contribution in [0, 0.1) is 12.7 Å². The molecule has 1 N–H and O–H groups in total. The maximum Gasteiger partial charge on any atom is 0.189 e. The van der Waals surface area contributed by atoms with E-state index in [-0.39, 0.29) is 10.7 Å². The van der Waals surface area contributed by atoms with Gasteiger partial charge in [-0.2, -0.15) is 0 Å². The Hall–Kier alpha value is -3.32. The summed E-state index contributed by atoms with van der Waals surface area (Å²) >= 11 is 0. The van der Waals surface area contributed by atoms with Gasteiger partial charge in [0.25, 0.3) is 0 Å². The highest BCUT2D eigenvalue weighted by Crippen LogP contribution is 2.39. The number of aromatic nitrogens is 2. The van der Waals surface area contributed by atoms with Crippen molar-refractivity contribution < 1.29 is 17.6 Å². The van der Waals surface area contributed by atoms with Crippen molar-refractivity contribution in [2.75, 3.05) is 0 Å². The van der Waals surface area contributed by atoms with Crippen molar-refractivity contribution in [2.45, 2.75) is 23.0 Å². The molecule has 2 atom stereocenters. The number of carbonyl (C=O) groups excluding carboxylic acids is 1. The van der Waals surface area contributed by atoms with E-state index in [2.05, 4.69) is 9.97 Å². The van der Waals surface area contributed by atoms with Gasteiger partial charge in [0.2, 0.25) is 0 Å². The molecule has 0 saturated heterocycles. The number of aryl methyl sites for hydroxylation is 1. The fourth-order valence-electron chi connectivity index (χ4n) is 3.50. The van der Waals surface area contributed by atoms with Gasteiger partial charge in [-0.25, -0.2) is 17.8 Å². The number of hydrogen-bond donors (Lipinski definition) is 1. The smallest absolute Gasteiger partial charge is 0.189 e. The van der Waals surface area contributed by atoms with Crippen LogP contribution >= 0.6 is 0 Å². The third kappa shape index (κ3) is 3.64. The van der Waals surface area contributed by atoms with Crippen LogP contribution in [0.25, 0.3) is 11.0 Å². The van der Waals surface area contributed by atoms with Crippen LogP contribution in [0.15, 0.2) is 77.7 Å². The van der Waals surface area contributed by atoms with Crippen LogP contribution in [0.2, 0.25) is 0 Å². The number of halogens is 1. The molecule has 0 saturated carbocycles. The van der Waals surface area contributed by atoms with E-state index in [4.69, 9.17) is 0 Å². The number of fused-ring (bicyclic) bond motifs is 1. The number of carbonyl (C=O) groups is 1. The molecule has 152 valence electrons. The van der Waals surface area contributed by atoms with Crippen molar-refractivity contribution >= 4 is 27.2 Å². The van der Waals surface area contributed by atoms with Crippen molar-refractivity contribution in [2.24, 2.45) is 0 Å². The molecule has 5 nitrogen and oxygen atoms in total. The number of nitrogens with one attached hydrogen (secondary N) is 1. The van der Waals surface area contributed by atoms with Crippen LogP contribution in [0.1, 0.15) is 28.1 Å². The molecule has 4 aromatic rings. The molecule has 3 aromatic carbocycles. The van der Waals surface area contributed by atoms with Crippen molar-refractivity contribution in [1.82, 2.24) is 9.97 Å². The summed E-state index contributed by atoms with van der Waals surface area (Å²) in [5.74, 6) is -1.37. The van der Waals surface area contributed by atoms with Crippen LogP contribution in [-0.4, -0.2) is 24.7 Å². The number of imidazole rings is 1. The van der Waals surface area contributed by atoms with Gasteiger partial charge in [-0.15, -0.1) is 0 Å². The minimum Gasteiger partial charge on any atom is -0.341 e. The number of para-hydroxylation sites is 2. The van der Waals surface area contributed by atoms with E-state index >= 15 is 0 Å². The van der Waals surface area contributed by atoms with E-state index in [1.165, 1.54) is 36.4 Å².